The molecule has 2 nitrogen and oxygen atoms in total. The SMILES string of the molecule is CC(C)C1CCOc2ccncc21. The Morgan fingerprint density at radius 2 is 2.38 bits per heavy atom. The molecular formula is C11H15NO. The fourth-order valence-corrected chi connectivity index (χ4v) is 1.95. The molecule has 13 heavy (non-hydrogen) atoms. The Bertz CT molecular complexity index is 296. The third kappa shape index (κ3) is 1.53. The summed E-state index contributed by atoms with van der Waals surface area (Å²) in [7, 11) is 0. The van der Waals surface area contributed by atoms with Crippen LogP contribution in [0.15, 0.2) is 18.5 Å². The van der Waals surface area contributed by atoms with Gasteiger partial charge < -0.3 is 4.74 Å². The molecule has 1 aromatic heterocycles. The van der Waals surface area contributed by atoms with E-state index in [-0.39, 0.29) is 0 Å². The van der Waals surface area contributed by atoms with E-state index in [1.165, 1.54) is 5.56 Å². The standard InChI is InChI=1S/C11H15NO/c1-8(2)9-4-6-13-11-3-5-12-7-10(9)11/h3,5,7-9H,4,6H2,1-2H3. The first kappa shape index (κ1) is 8.54. The Labute approximate surface area is 78.9 Å². The molecule has 0 N–H and O–H groups in total. The Balaban J connectivity index is 2.37. The number of rotatable bonds is 1. The van der Waals surface area contributed by atoms with Gasteiger partial charge in [-0.2, -0.15) is 0 Å². The van der Waals surface area contributed by atoms with E-state index in [1.54, 1.807) is 6.20 Å². The summed E-state index contributed by atoms with van der Waals surface area (Å²) >= 11 is 0. The summed E-state index contributed by atoms with van der Waals surface area (Å²) in [4.78, 5) is 4.15. The molecule has 0 radical (unpaired) electrons. The minimum absolute atomic E-state index is 0.623. The van der Waals surface area contributed by atoms with Crippen LogP contribution in [0, 0.1) is 5.92 Å². The van der Waals surface area contributed by atoms with Crippen LogP contribution in [0.4, 0.5) is 0 Å². The van der Waals surface area contributed by atoms with Crippen LogP contribution < -0.4 is 4.74 Å². The van der Waals surface area contributed by atoms with E-state index in [1.807, 2.05) is 12.3 Å². The van der Waals surface area contributed by atoms with E-state index in [0.29, 0.717) is 11.8 Å². The lowest BCUT2D eigenvalue weighted by Crippen LogP contribution is -2.18. The molecule has 0 amide bonds. The maximum Gasteiger partial charge on any atom is 0.125 e. The van der Waals surface area contributed by atoms with Crippen molar-refractivity contribution in [2.45, 2.75) is 26.2 Å². The van der Waals surface area contributed by atoms with E-state index >= 15 is 0 Å². The third-order valence-corrected chi connectivity index (χ3v) is 2.70. The molecule has 1 aliphatic rings. The third-order valence-electron chi connectivity index (χ3n) is 2.70. The van der Waals surface area contributed by atoms with E-state index in [2.05, 4.69) is 18.8 Å². The Morgan fingerprint density at radius 1 is 1.54 bits per heavy atom. The van der Waals surface area contributed by atoms with Gasteiger partial charge in [-0.25, -0.2) is 0 Å². The molecule has 2 heteroatoms. The topological polar surface area (TPSA) is 22.1 Å². The summed E-state index contributed by atoms with van der Waals surface area (Å²) in [6, 6.07) is 1.96. The molecule has 0 saturated heterocycles. The maximum atomic E-state index is 5.56. The highest BCUT2D eigenvalue weighted by Gasteiger charge is 2.23. The Hall–Kier alpha value is -1.05. The zero-order valence-electron chi connectivity index (χ0n) is 8.16. The van der Waals surface area contributed by atoms with Crippen molar-refractivity contribution in [2.75, 3.05) is 6.61 Å². The number of ether oxygens (including phenoxy) is 1. The molecule has 2 heterocycles. The number of fused-ring (bicyclic) bond motifs is 1. The number of nitrogens with zero attached hydrogens (tertiary/aromatic N) is 1. The summed E-state index contributed by atoms with van der Waals surface area (Å²) in [6.45, 7) is 5.36. The monoisotopic (exact) mass is 177 g/mol. The van der Waals surface area contributed by atoms with Gasteiger partial charge in [0.15, 0.2) is 0 Å². The van der Waals surface area contributed by atoms with Gasteiger partial charge in [0.1, 0.15) is 5.75 Å². The lowest BCUT2D eigenvalue weighted by atomic mass is 9.85. The minimum Gasteiger partial charge on any atom is -0.493 e. The van der Waals surface area contributed by atoms with Crippen molar-refractivity contribution in [3.8, 4) is 5.75 Å². The quantitative estimate of drug-likeness (QED) is 0.657. The Kier molecular flexibility index (Phi) is 2.21. The van der Waals surface area contributed by atoms with Crippen molar-refractivity contribution in [3.63, 3.8) is 0 Å². The van der Waals surface area contributed by atoms with Gasteiger partial charge in [-0.1, -0.05) is 13.8 Å². The number of pyridine rings is 1. The van der Waals surface area contributed by atoms with Gasteiger partial charge in [-0.15, -0.1) is 0 Å². The van der Waals surface area contributed by atoms with Gasteiger partial charge in [0.05, 0.1) is 6.61 Å². The van der Waals surface area contributed by atoms with Gasteiger partial charge in [0, 0.05) is 18.0 Å². The fourth-order valence-electron chi connectivity index (χ4n) is 1.95. The fraction of sp³-hybridized carbons (Fsp3) is 0.545. The average molecular weight is 177 g/mol. The smallest absolute Gasteiger partial charge is 0.125 e. The molecular weight excluding hydrogens is 162 g/mol. The highest BCUT2D eigenvalue weighted by molar-refractivity contribution is 5.35. The highest BCUT2D eigenvalue weighted by Crippen LogP contribution is 2.37. The molecule has 1 aromatic rings. The predicted molar refractivity (Wildman–Crippen MR) is 51.9 cm³/mol. The van der Waals surface area contributed by atoms with Crippen molar-refractivity contribution >= 4 is 0 Å². The minimum atomic E-state index is 0.623. The van der Waals surface area contributed by atoms with Gasteiger partial charge in [-0.3, -0.25) is 4.98 Å². The van der Waals surface area contributed by atoms with Crippen LogP contribution in [0.3, 0.4) is 0 Å². The molecule has 0 bridgehead atoms. The molecule has 70 valence electrons. The number of aromatic nitrogens is 1. The van der Waals surface area contributed by atoms with Crippen molar-refractivity contribution < 1.29 is 4.74 Å². The maximum absolute atomic E-state index is 5.56. The first-order chi connectivity index (χ1) is 6.29. The number of hydrogen-bond acceptors (Lipinski definition) is 2. The molecule has 0 fully saturated rings. The molecule has 0 aromatic carbocycles. The molecule has 0 spiro atoms. The van der Waals surface area contributed by atoms with Crippen LogP contribution >= 0.6 is 0 Å². The van der Waals surface area contributed by atoms with E-state index in [9.17, 15) is 0 Å². The van der Waals surface area contributed by atoms with Crippen LogP contribution in [0.1, 0.15) is 31.7 Å². The molecule has 0 saturated carbocycles. The summed E-state index contributed by atoms with van der Waals surface area (Å²) in [5.74, 6) is 2.32. The highest BCUT2D eigenvalue weighted by atomic mass is 16.5. The molecule has 0 aliphatic carbocycles. The zero-order valence-corrected chi connectivity index (χ0v) is 8.16. The van der Waals surface area contributed by atoms with Gasteiger partial charge in [-0.05, 0) is 24.3 Å². The first-order valence-corrected chi connectivity index (χ1v) is 4.85. The van der Waals surface area contributed by atoms with E-state index in [4.69, 9.17) is 4.74 Å². The van der Waals surface area contributed by atoms with Crippen molar-refractivity contribution in [1.82, 2.24) is 4.98 Å². The molecule has 1 atom stereocenters. The Morgan fingerprint density at radius 3 is 3.15 bits per heavy atom. The second-order valence-electron chi connectivity index (χ2n) is 3.90. The number of hydrogen-bond donors (Lipinski definition) is 0. The molecule has 2 rings (SSSR count). The average Bonchev–Trinajstić information content (AvgIpc) is 2.17. The molecule has 1 unspecified atom stereocenters. The first-order valence-electron chi connectivity index (χ1n) is 4.85. The summed E-state index contributed by atoms with van der Waals surface area (Å²) in [5, 5.41) is 0. The van der Waals surface area contributed by atoms with Crippen LogP contribution in [-0.2, 0) is 0 Å². The van der Waals surface area contributed by atoms with Gasteiger partial charge >= 0.3 is 0 Å². The second kappa shape index (κ2) is 3.36. The van der Waals surface area contributed by atoms with Crippen molar-refractivity contribution in [2.24, 2.45) is 5.92 Å². The zero-order chi connectivity index (χ0) is 9.26. The lowest BCUT2D eigenvalue weighted by molar-refractivity contribution is 0.246. The van der Waals surface area contributed by atoms with Gasteiger partial charge in [0.25, 0.3) is 0 Å². The summed E-state index contributed by atoms with van der Waals surface area (Å²) in [5.41, 5.74) is 1.28. The van der Waals surface area contributed by atoms with E-state index in [0.717, 1.165) is 18.8 Å². The van der Waals surface area contributed by atoms with Crippen molar-refractivity contribution in [1.29, 1.82) is 0 Å². The predicted octanol–water partition coefficient (Wildman–Crippen LogP) is 2.60. The summed E-state index contributed by atoms with van der Waals surface area (Å²) in [6.07, 6.45) is 4.86. The lowest BCUT2D eigenvalue weighted by Gasteiger charge is -2.27. The van der Waals surface area contributed by atoms with E-state index < -0.39 is 0 Å². The van der Waals surface area contributed by atoms with Crippen LogP contribution in [-0.4, -0.2) is 11.6 Å². The largest absolute Gasteiger partial charge is 0.493 e. The van der Waals surface area contributed by atoms with Crippen molar-refractivity contribution in [3.05, 3.63) is 24.0 Å². The van der Waals surface area contributed by atoms with Gasteiger partial charge in [0.2, 0.25) is 0 Å². The van der Waals surface area contributed by atoms with Crippen LogP contribution in [0.2, 0.25) is 0 Å². The summed E-state index contributed by atoms with van der Waals surface area (Å²) < 4.78 is 5.56. The van der Waals surface area contributed by atoms with Crippen LogP contribution in [0.5, 0.6) is 5.75 Å². The molecule has 1 aliphatic heterocycles. The van der Waals surface area contributed by atoms with Crippen LogP contribution in [0.25, 0.3) is 0 Å². The second-order valence-corrected chi connectivity index (χ2v) is 3.90. The normalized spacial score (nSPS) is 21.0.